The van der Waals surface area contributed by atoms with Crippen molar-refractivity contribution in [1.29, 1.82) is 0 Å². The van der Waals surface area contributed by atoms with Crippen LogP contribution >= 0.6 is 0 Å². The highest BCUT2D eigenvalue weighted by molar-refractivity contribution is 6.00. The van der Waals surface area contributed by atoms with E-state index >= 15 is 0 Å². The van der Waals surface area contributed by atoms with Gasteiger partial charge in [0.15, 0.2) is 0 Å². The zero-order valence-electron chi connectivity index (χ0n) is 21.5. The molecule has 0 aromatic heterocycles. The van der Waals surface area contributed by atoms with Gasteiger partial charge in [0.25, 0.3) is 5.91 Å². The highest BCUT2D eigenvalue weighted by Gasteiger charge is 2.35. The molecule has 8 nitrogen and oxygen atoms in total. The number of benzene rings is 2. The lowest BCUT2D eigenvalue weighted by atomic mass is 9.94. The molecule has 1 aliphatic carbocycles. The molecule has 1 atom stereocenters. The Labute approximate surface area is 218 Å². The number of nitrogens with one attached hydrogen (secondary N) is 1. The Balaban J connectivity index is 1.37. The number of carbonyl (C=O) groups is 3. The van der Waals surface area contributed by atoms with E-state index in [9.17, 15) is 14.4 Å². The molecule has 2 heterocycles. The Morgan fingerprint density at radius 1 is 1.03 bits per heavy atom. The second-order valence-corrected chi connectivity index (χ2v) is 10.3. The Morgan fingerprint density at radius 2 is 1.81 bits per heavy atom. The first-order valence-corrected chi connectivity index (χ1v) is 13.4. The van der Waals surface area contributed by atoms with Crippen LogP contribution in [0.1, 0.15) is 53.6 Å². The minimum atomic E-state index is -0.285. The van der Waals surface area contributed by atoms with E-state index in [1.54, 1.807) is 21.9 Å². The predicted molar refractivity (Wildman–Crippen MR) is 141 cm³/mol. The van der Waals surface area contributed by atoms with Gasteiger partial charge in [0, 0.05) is 43.5 Å². The summed E-state index contributed by atoms with van der Waals surface area (Å²) in [5.74, 6) is -0.231. The SMILES string of the molecule is Cc1ccc(C(=O)N2CC(=O)N(C3CCCCC3)C[C@H](OCc3ccccc3)C2)cc1N1CCNC1=O. The summed E-state index contributed by atoms with van der Waals surface area (Å²) in [5, 5.41) is 2.82. The number of hydrogen-bond donors (Lipinski definition) is 1. The zero-order valence-corrected chi connectivity index (χ0v) is 21.5. The minimum absolute atomic E-state index is 0.0164. The normalized spacial score (nSPS) is 21.2. The molecule has 1 N–H and O–H groups in total. The van der Waals surface area contributed by atoms with Crippen LogP contribution in [-0.4, -0.2) is 72.5 Å². The van der Waals surface area contributed by atoms with Crippen molar-refractivity contribution in [2.24, 2.45) is 0 Å². The van der Waals surface area contributed by atoms with Crippen LogP contribution in [0.4, 0.5) is 10.5 Å². The first-order valence-electron chi connectivity index (χ1n) is 13.4. The average molecular weight is 505 g/mol. The molecule has 3 fully saturated rings. The monoisotopic (exact) mass is 504 g/mol. The molecule has 196 valence electrons. The van der Waals surface area contributed by atoms with Gasteiger partial charge in [0.05, 0.1) is 12.7 Å². The number of ether oxygens (including phenoxy) is 1. The third kappa shape index (κ3) is 5.80. The van der Waals surface area contributed by atoms with Gasteiger partial charge in [-0.15, -0.1) is 0 Å². The first kappa shape index (κ1) is 25.3. The maximum Gasteiger partial charge on any atom is 0.322 e. The number of urea groups is 1. The fraction of sp³-hybridized carbons (Fsp3) is 0.483. The maximum absolute atomic E-state index is 13.7. The number of carbonyl (C=O) groups excluding carboxylic acids is 3. The van der Waals surface area contributed by atoms with Gasteiger partial charge in [0.1, 0.15) is 6.54 Å². The van der Waals surface area contributed by atoms with Crippen molar-refractivity contribution >= 4 is 23.5 Å². The van der Waals surface area contributed by atoms with Crippen molar-refractivity contribution in [3.05, 3.63) is 65.2 Å². The van der Waals surface area contributed by atoms with Crippen LogP contribution in [0.25, 0.3) is 0 Å². The number of rotatable bonds is 6. The first-order chi connectivity index (χ1) is 18.0. The van der Waals surface area contributed by atoms with E-state index in [-0.39, 0.29) is 36.5 Å². The van der Waals surface area contributed by atoms with Gasteiger partial charge in [-0.2, -0.15) is 0 Å². The summed E-state index contributed by atoms with van der Waals surface area (Å²) in [7, 11) is 0. The van der Waals surface area contributed by atoms with E-state index in [2.05, 4.69) is 5.32 Å². The molecule has 37 heavy (non-hydrogen) atoms. The number of amides is 4. The molecule has 2 aromatic rings. The maximum atomic E-state index is 13.7. The second kappa shape index (κ2) is 11.3. The Hall–Kier alpha value is -3.39. The molecule has 0 unspecified atom stereocenters. The molecule has 3 aliphatic rings. The lowest BCUT2D eigenvalue weighted by Gasteiger charge is -2.34. The van der Waals surface area contributed by atoms with Crippen molar-refractivity contribution < 1.29 is 19.1 Å². The van der Waals surface area contributed by atoms with Gasteiger partial charge < -0.3 is 19.9 Å². The molecule has 2 aromatic carbocycles. The van der Waals surface area contributed by atoms with Gasteiger partial charge in [0.2, 0.25) is 5.91 Å². The summed E-state index contributed by atoms with van der Waals surface area (Å²) in [6.45, 7) is 4.37. The van der Waals surface area contributed by atoms with Gasteiger partial charge in [-0.05, 0) is 43.0 Å². The predicted octanol–water partition coefficient (Wildman–Crippen LogP) is 3.73. The van der Waals surface area contributed by atoms with E-state index in [1.807, 2.05) is 48.2 Å². The third-order valence-corrected chi connectivity index (χ3v) is 7.71. The summed E-state index contributed by atoms with van der Waals surface area (Å²) < 4.78 is 6.32. The van der Waals surface area contributed by atoms with Gasteiger partial charge in [-0.1, -0.05) is 55.7 Å². The van der Waals surface area contributed by atoms with Crippen molar-refractivity contribution in [3.8, 4) is 0 Å². The largest absolute Gasteiger partial charge is 0.370 e. The molecule has 0 bridgehead atoms. The van der Waals surface area contributed by atoms with Crippen LogP contribution < -0.4 is 10.2 Å². The summed E-state index contributed by atoms with van der Waals surface area (Å²) in [6, 6.07) is 15.4. The number of nitrogens with zero attached hydrogens (tertiary/aromatic N) is 3. The van der Waals surface area contributed by atoms with Crippen LogP contribution in [-0.2, 0) is 16.1 Å². The molecule has 2 saturated heterocycles. The third-order valence-electron chi connectivity index (χ3n) is 7.71. The standard InChI is InChI=1S/C29H36N4O4/c1-21-12-13-23(16-26(21)32-15-14-30-29(32)36)28(35)31-17-25(37-20-22-8-4-2-5-9-22)18-33(27(34)19-31)24-10-6-3-7-11-24/h2,4-5,8-9,12-13,16,24-25H,3,6-7,10-11,14-15,17-20H2,1H3,(H,30,36)/t25-/m1/s1. The van der Waals surface area contributed by atoms with E-state index in [4.69, 9.17) is 4.74 Å². The van der Waals surface area contributed by atoms with Crippen molar-refractivity contribution in [1.82, 2.24) is 15.1 Å². The summed E-state index contributed by atoms with van der Waals surface area (Å²) in [5.41, 5.74) is 3.18. The van der Waals surface area contributed by atoms with E-state index < -0.39 is 0 Å². The smallest absolute Gasteiger partial charge is 0.322 e. The quantitative estimate of drug-likeness (QED) is 0.650. The number of aryl methyl sites for hydroxylation is 1. The summed E-state index contributed by atoms with van der Waals surface area (Å²) >= 11 is 0. The van der Waals surface area contributed by atoms with Crippen LogP contribution in [0.15, 0.2) is 48.5 Å². The molecular formula is C29H36N4O4. The highest BCUT2D eigenvalue weighted by Crippen LogP contribution is 2.27. The molecule has 0 spiro atoms. The Morgan fingerprint density at radius 3 is 2.54 bits per heavy atom. The average Bonchev–Trinajstić information content (AvgIpc) is 3.27. The second-order valence-electron chi connectivity index (χ2n) is 10.3. The van der Waals surface area contributed by atoms with E-state index in [0.29, 0.717) is 38.3 Å². The van der Waals surface area contributed by atoms with E-state index in [1.165, 1.54) is 6.42 Å². The Bertz CT molecular complexity index is 1130. The highest BCUT2D eigenvalue weighted by atomic mass is 16.5. The molecular weight excluding hydrogens is 468 g/mol. The summed E-state index contributed by atoms with van der Waals surface area (Å²) in [4.78, 5) is 44.7. The lowest BCUT2D eigenvalue weighted by molar-refractivity contribution is -0.134. The fourth-order valence-electron chi connectivity index (χ4n) is 5.65. The molecule has 5 rings (SSSR count). The van der Waals surface area contributed by atoms with E-state index in [0.717, 1.165) is 42.5 Å². The zero-order chi connectivity index (χ0) is 25.8. The van der Waals surface area contributed by atoms with Crippen molar-refractivity contribution in [2.45, 2.75) is 57.8 Å². The summed E-state index contributed by atoms with van der Waals surface area (Å²) in [6.07, 6.45) is 5.19. The van der Waals surface area contributed by atoms with Crippen LogP contribution in [0.2, 0.25) is 0 Å². The number of hydrogen-bond acceptors (Lipinski definition) is 4. The number of anilines is 1. The molecule has 1 saturated carbocycles. The molecule has 2 aliphatic heterocycles. The van der Waals surface area contributed by atoms with Gasteiger partial charge >= 0.3 is 6.03 Å². The topological polar surface area (TPSA) is 82.2 Å². The lowest BCUT2D eigenvalue weighted by Crippen LogP contribution is -2.46. The minimum Gasteiger partial charge on any atom is -0.370 e. The van der Waals surface area contributed by atoms with Crippen molar-refractivity contribution in [2.75, 3.05) is 37.6 Å². The van der Waals surface area contributed by atoms with Gasteiger partial charge in [-0.25, -0.2) is 4.79 Å². The molecule has 4 amide bonds. The van der Waals surface area contributed by atoms with Crippen LogP contribution in [0.3, 0.4) is 0 Å². The van der Waals surface area contributed by atoms with Gasteiger partial charge in [-0.3, -0.25) is 14.5 Å². The fourth-order valence-corrected chi connectivity index (χ4v) is 5.65. The van der Waals surface area contributed by atoms with Crippen LogP contribution in [0, 0.1) is 6.92 Å². The molecule has 0 radical (unpaired) electrons. The Kier molecular flexibility index (Phi) is 7.74. The molecule has 8 heteroatoms. The van der Waals surface area contributed by atoms with Crippen molar-refractivity contribution in [3.63, 3.8) is 0 Å². The van der Waals surface area contributed by atoms with Crippen LogP contribution in [0.5, 0.6) is 0 Å².